The molecule has 0 saturated heterocycles. The number of hydrogen-bond acceptors (Lipinski definition) is 3. The molecule has 0 aliphatic rings. The first-order valence-corrected chi connectivity index (χ1v) is 9.38. The van der Waals surface area contributed by atoms with Crippen molar-refractivity contribution in [2.45, 2.75) is 33.0 Å². The molecule has 0 saturated carbocycles. The number of nitrogens with zero attached hydrogens (tertiary/aromatic N) is 2. The van der Waals surface area contributed by atoms with Crippen molar-refractivity contribution in [1.82, 2.24) is 20.2 Å². The second kappa shape index (κ2) is 9.69. The van der Waals surface area contributed by atoms with Gasteiger partial charge < -0.3 is 15.2 Å². The van der Waals surface area contributed by atoms with Crippen LogP contribution in [0.4, 0.5) is 0 Å². The molecular formula is C22H26N4O. The molecule has 0 aliphatic carbocycles. The summed E-state index contributed by atoms with van der Waals surface area (Å²) in [5.74, 6) is 0.979. The van der Waals surface area contributed by atoms with E-state index in [2.05, 4.69) is 32.3 Å². The standard InChI is InChI=1S/C22H26N4O/c1-2-11-25-22(27)20-10-6-9-19(14-20)15-23-16-21-24-12-13-26(21)17-18-7-4-3-5-8-18/h3-10,12-14,23H,2,11,15-17H2,1H3,(H,25,27). The lowest BCUT2D eigenvalue weighted by Crippen LogP contribution is -2.24. The van der Waals surface area contributed by atoms with Crippen LogP contribution in [0, 0.1) is 0 Å². The van der Waals surface area contributed by atoms with E-state index in [0.717, 1.165) is 24.4 Å². The van der Waals surface area contributed by atoms with Crippen LogP contribution >= 0.6 is 0 Å². The van der Waals surface area contributed by atoms with E-state index in [0.29, 0.717) is 25.2 Å². The number of imidazole rings is 1. The molecule has 3 aromatic rings. The van der Waals surface area contributed by atoms with Gasteiger partial charge in [0.2, 0.25) is 0 Å². The van der Waals surface area contributed by atoms with Gasteiger partial charge in [-0.15, -0.1) is 0 Å². The van der Waals surface area contributed by atoms with Crippen molar-refractivity contribution in [2.75, 3.05) is 6.54 Å². The highest BCUT2D eigenvalue weighted by Gasteiger charge is 2.06. The normalized spacial score (nSPS) is 10.7. The van der Waals surface area contributed by atoms with Crippen LogP contribution in [0.1, 0.15) is 40.7 Å². The fourth-order valence-corrected chi connectivity index (χ4v) is 2.91. The maximum absolute atomic E-state index is 12.1. The van der Waals surface area contributed by atoms with Crippen molar-refractivity contribution < 1.29 is 4.79 Å². The summed E-state index contributed by atoms with van der Waals surface area (Å²) in [6.45, 7) is 4.91. The molecular weight excluding hydrogens is 336 g/mol. The highest BCUT2D eigenvalue weighted by atomic mass is 16.1. The number of hydrogen-bond donors (Lipinski definition) is 2. The van der Waals surface area contributed by atoms with Gasteiger partial charge in [0.1, 0.15) is 5.82 Å². The molecule has 0 aliphatic heterocycles. The average Bonchev–Trinajstić information content (AvgIpc) is 3.14. The molecule has 1 amide bonds. The molecule has 140 valence electrons. The average molecular weight is 362 g/mol. The number of carbonyl (C=O) groups is 1. The maximum atomic E-state index is 12.1. The molecule has 2 aromatic carbocycles. The van der Waals surface area contributed by atoms with Crippen LogP contribution in [0.3, 0.4) is 0 Å². The molecule has 27 heavy (non-hydrogen) atoms. The maximum Gasteiger partial charge on any atom is 0.251 e. The Morgan fingerprint density at radius 3 is 2.67 bits per heavy atom. The van der Waals surface area contributed by atoms with Crippen LogP contribution < -0.4 is 10.6 Å². The molecule has 0 bridgehead atoms. The van der Waals surface area contributed by atoms with Crippen molar-refractivity contribution in [2.24, 2.45) is 0 Å². The van der Waals surface area contributed by atoms with Gasteiger partial charge in [0.05, 0.1) is 6.54 Å². The zero-order valence-electron chi connectivity index (χ0n) is 15.7. The first-order chi connectivity index (χ1) is 13.3. The summed E-state index contributed by atoms with van der Waals surface area (Å²) in [7, 11) is 0. The van der Waals surface area contributed by atoms with E-state index in [1.807, 2.05) is 61.8 Å². The third kappa shape index (κ3) is 5.53. The summed E-state index contributed by atoms with van der Waals surface area (Å²) in [6, 6.07) is 18.1. The minimum atomic E-state index is -0.0166. The van der Waals surface area contributed by atoms with E-state index >= 15 is 0 Å². The number of aromatic nitrogens is 2. The summed E-state index contributed by atoms with van der Waals surface area (Å²) >= 11 is 0. The van der Waals surface area contributed by atoms with Crippen LogP contribution in [-0.2, 0) is 19.6 Å². The Morgan fingerprint density at radius 2 is 1.85 bits per heavy atom. The van der Waals surface area contributed by atoms with Crippen molar-refractivity contribution in [1.29, 1.82) is 0 Å². The van der Waals surface area contributed by atoms with Crippen LogP contribution in [0.2, 0.25) is 0 Å². The van der Waals surface area contributed by atoms with E-state index in [-0.39, 0.29) is 5.91 Å². The van der Waals surface area contributed by atoms with E-state index in [1.165, 1.54) is 5.56 Å². The van der Waals surface area contributed by atoms with E-state index in [9.17, 15) is 4.79 Å². The Hall–Kier alpha value is -2.92. The largest absolute Gasteiger partial charge is 0.352 e. The number of nitrogens with one attached hydrogen (secondary N) is 2. The fourth-order valence-electron chi connectivity index (χ4n) is 2.91. The van der Waals surface area contributed by atoms with Crippen LogP contribution in [0.25, 0.3) is 0 Å². The van der Waals surface area contributed by atoms with Gasteiger partial charge in [-0.2, -0.15) is 0 Å². The van der Waals surface area contributed by atoms with Gasteiger partial charge in [0.25, 0.3) is 5.91 Å². The van der Waals surface area contributed by atoms with E-state index < -0.39 is 0 Å². The molecule has 5 nitrogen and oxygen atoms in total. The molecule has 0 spiro atoms. The van der Waals surface area contributed by atoms with E-state index in [1.54, 1.807) is 0 Å². The summed E-state index contributed by atoms with van der Waals surface area (Å²) in [5, 5.41) is 6.34. The highest BCUT2D eigenvalue weighted by Crippen LogP contribution is 2.08. The minimum Gasteiger partial charge on any atom is -0.352 e. The van der Waals surface area contributed by atoms with Crippen LogP contribution in [0.15, 0.2) is 67.0 Å². The van der Waals surface area contributed by atoms with Crippen molar-refractivity contribution >= 4 is 5.91 Å². The van der Waals surface area contributed by atoms with E-state index in [4.69, 9.17) is 0 Å². The first-order valence-electron chi connectivity index (χ1n) is 9.38. The van der Waals surface area contributed by atoms with Crippen LogP contribution in [0.5, 0.6) is 0 Å². The highest BCUT2D eigenvalue weighted by molar-refractivity contribution is 5.94. The molecule has 3 rings (SSSR count). The predicted molar refractivity (Wildman–Crippen MR) is 107 cm³/mol. The fraction of sp³-hybridized carbons (Fsp3) is 0.273. The Kier molecular flexibility index (Phi) is 6.77. The molecule has 0 fully saturated rings. The SMILES string of the molecule is CCCNC(=O)c1cccc(CNCc2nccn2Cc2ccccc2)c1. The molecule has 2 N–H and O–H groups in total. The number of rotatable bonds is 9. The number of carbonyl (C=O) groups excluding carboxylic acids is 1. The summed E-state index contributed by atoms with van der Waals surface area (Å²) in [5.41, 5.74) is 3.04. The molecule has 1 aromatic heterocycles. The number of amides is 1. The lowest BCUT2D eigenvalue weighted by molar-refractivity contribution is 0.0953. The van der Waals surface area contributed by atoms with Crippen LogP contribution in [-0.4, -0.2) is 22.0 Å². The predicted octanol–water partition coefficient (Wildman–Crippen LogP) is 3.36. The van der Waals surface area contributed by atoms with Gasteiger partial charge in [-0.25, -0.2) is 4.98 Å². The third-order valence-electron chi connectivity index (χ3n) is 4.33. The number of benzene rings is 2. The van der Waals surface area contributed by atoms with Gasteiger partial charge in [0.15, 0.2) is 0 Å². The van der Waals surface area contributed by atoms with Crippen molar-refractivity contribution in [3.63, 3.8) is 0 Å². The third-order valence-corrected chi connectivity index (χ3v) is 4.33. The molecule has 0 unspecified atom stereocenters. The second-order valence-electron chi connectivity index (χ2n) is 6.52. The summed E-state index contributed by atoms with van der Waals surface area (Å²) in [4.78, 5) is 16.5. The summed E-state index contributed by atoms with van der Waals surface area (Å²) in [6.07, 6.45) is 4.77. The topological polar surface area (TPSA) is 59.0 Å². The quantitative estimate of drug-likeness (QED) is 0.614. The second-order valence-corrected chi connectivity index (χ2v) is 6.52. The lowest BCUT2D eigenvalue weighted by atomic mass is 10.1. The Morgan fingerprint density at radius 1 is 1.04 bits per heavy atom. The van der Waals surface area contributed by atoms with Gasteiger partial charge >= 0.3 is 0 Å². The van der Waals surface area contributed by atoms with Crippen molar-refractivity contribution in [3.05, 3.63) is 89.5 Å². The minimum absolute atomic E-state index is 0.0166. The smallest absolute Gasteiger partial charge is 0.251 e. The zero-order chi connectivity index (χ0) is 18.9. The molecule has 0 atom stereocenters. The molecule has 0 radical (unpaired) electrons. The zero-order valence-corrected chi connectivity index (χ0v) is 15.7. The Balaban J connectivity index is 1.55. The first kappa shape index (κ1) is 18.9. The van der Waals surface area contributed by atoms with Crippen molar-refractivity contribution in [3.8, 4) is 0 Å². The van der Waals surface area contributed by atoms with Gasteiger partial charge in [-0.1, -0.05) is 49.4 Å². The monoisotopic (exact) mass is 362 g/mol. The Labute approximate surface area is 160 Å². The molecule has 1 heterocycles. The summed E-state index contributed by atoms with van der Waals surface area (Å²) < 4.78 is 2.15. The van der Waals surface area contributed by atoms with Gasteiger partial charge in [-0.05, 0) is 29.7 Å². The lowest BCUT2D eigenvalue weighted by Gasteiger charge is -2.10. The van der Waals surface area contributed by atoms with Gasteiger partial charge in [-0.3, -0.25) is 4.79 Å². The van der Waals surface area contributed by atoms with Gasteiger partial charge in [0, 0.05) is 37.6 Å². The Bertz CT molecular complexity index is 858. The molecule has 5 heteroatoms.